The lowest BCUT2D eigenvalue weighted by Gasteiger charge is -2.17. The van der Waals surface area contributed by atoms with Gasteiger partial charge in [-0.1, -0.05) is 25.9 Å². The van der Waals surface area contributed by atoms with Crippen LogP contribution in [0.3, 0.4) is 0 Å². The molecule has 0 saturated carbocycles. The second-order valence-corrected chi connectivity index (χ2v) is 4.39. The third kappa shape index (κ3) is 7.27. The Kier molecular flexibility index (Phi) is 6.17. The lowest BCUT2D eigenvalue weighted by atomic mass is 9.90. The van der Waals surface area contributed by atoms with E-state index in [2.05, 4.69) is 9.99 Å². The van der Waals surface area contributed by atoms with Gasteiger partial charge in [0.05, 0.1) is 12.3 Å². The van der Waals surface area contributed by atoms with Crippen LogP contribution in [0.4, 0.5) is 0 Å². The number of rotatable bonds is 4. The number of oxime groups is 1. The van der Waals surface area contributed by atoms with Gasteiger partial charge in [-0.15, -0.1) is 0 Å². The van der Waals surface area contributed by atoms with Crippen LogP contribution in [0.1, 0.15) is 34.6 Å². The average Bonchev–Trinajstić information content (AvgIpc) is 2.15. The molecule has 0 fully saturated rings. The molecule has 0 bridgehead atoms. The van der Waals surface area contributed by atoms with Crippen LogP contribution in [0.25, 0.3) is 0 Å². The van der Waals surface area contributed by atoms with Crippen molar-refractivity contribution in [1.82, 2.24) is 0 Å². The number of hydrogen-bond acceptors (Lipinski definition) is 5. The van der Waals surface area contributed by atoms with Crippen molar-refractivity contribution in [1.29, 1.82) is 0 Å². The van der Waals surface area contributed by atoms with Gasteiger partial charge in [-0.05, 0) is 13.0 Å². The number of hydrogen-bond donors (Lipinski definition) is 0. The maximum Gasteiger partial charge on any atom is 0.331 e. The fourth-order valence-electron chi connectivity index (χ4n) is 0.868. The van der Waals surface area contributed by atoms with Crippen LogP contribution in [0.15, 0.2) is 17.3 Å². The molecule has 0 atom stereocenters. The van der Waals surface area contributed by atoms with Crippen LogP contribution in [-0.2, 0) is 19.2 Å². The van der Waals surface area contributed by atoms with E-state index in [1.807, 2.05) is 20.8 Å². The Morgan fingerprint density at radius 1 is 1.24 bits per heavy atom. The molecule has 0 aliphatic heterocycles. The van der Waals surface area contributed by atoms with Crippen LogP contribution < -0.4 is 0 Å². The molecule has 0 saturated heterocycles. The number of nitrogens with zero attached hydrogens (tertiary/aromatic N) is 1. The normalized spacial score (nSPS) is 12.6. The molecule has 0 N–H and O–H groups in total. The molecule has 0 heterocycles. The molecule has 0 aromatic heterocycles. The zero-order valence-electron chi connectivity index (χ0n) is 10.9. The molecule has 0 aliphatic carbocycles. The fraction of sp³-hybridized carbons (Fsp3) is 0.583. The number of ether oxygens (including phenoxy) is 1. The van der Waals surface area contributed by atoms with Crippen molar-refractivity contribution in [3.8, 4) is 0 Å². The van der Waals surface area contributed by atoms with Gasteiger partial charge in [-0.2, -0.15) is 0 Å². The SMILES string of the molecule is CCOC(=O)/C=C/C(=N\OC(C)=O)C(C)(C)C. The van der Waals surface area contributed by atoms with Crippen LogP contribution in [0, 0.1) is 5.41 Å². The van der Waals surface area contributed by atoms with Crippen LogP contribution in [0.5, 0.6) is 0 Å². The average molecular weight is 241 g/mol. The third-order valence-electron chi connectivity index (χ3n) is 1.70. The highest BCUT2D eigenvalue weighted by atomic mass is 16.7. The Bertz CT molecular complexity index is 337. The molecular formula is C12H19NO4. The summed E-state index contributed by atoms with van der Waals surface area (Å²) in [6.07, 6.45) is 2.75. The van der Waals surface area contributed by atoms with Crippen molar-refractivity contribution in [2.24, 2.45) is 10.6 Å². The number of carbonyl (C=O) groups excluding carboxylic acids is 2. The van der Waals surface area contributed by atoms with Gasteiger partial charge in [0.2, 0.25) is 0 Å². The molecule has 0 rings (SSSR count). The van der Waals surface area contributed by atoms with Crippen molar-refractivity contribution < 1.29 is 19.2 Å². The maximum absolute atomic E-state index is 11.1. The van der Waals surface area contributed by atoms with Gasteiger partial charge < -0.3 is 9.57 Å². The van der Waals surface area contributed by atoms with Crippen molar-refractivity contribution in [2.75, 3.05) is 6.61 Å². The van der Waals surface area contributed by atoms with E-state index in [4.69, 9.17) is 4.74 Å². The Labute approximate surface area is 101 Å². The van der Waals surface area contributed by atoms with Crippen LogP contribution in [-0.4, -0.2) is 24.3 Å². The predicted octanol–water partition coefficient (Wildman–Crippen LogP) is 2.07. The lowest BCUT2D eigenvalue weighted by Crippen LogP contribution is -2.19. The first-order valence-electron chi connectivity index (χ1n) is 5.38. The smallest absolute Gasteiger partial charge is 0.331 e. The van der Waals surface area contributed by atoms with Gasteiger partial charge in [-0.3, -0.25) is 0 Å². The Morgan fingerprint density at radius 3 is 2.24 bits per heavy atom. The maximum atomic E-state index is 11.1. The standard InChI is InChI=1S/C12H19NO4/c1-6-16-11(15)8-7-10(12(3,4)5)13-17-9(2)14/h7-8H,6H2,1-5H3/b8-7+,13-10+. The Morgan fingerprint density at radius 2 is 1.82 bits per heavy atom. The van der Waals surface area contributed by atoms with Gasteiger partial charge in [-0.25, -0.2) is 9.59 Å². The van der Waals surface area contributed by atoms with E-state index >= 15 is 0 Å². The summed E-state index contributed by atoms with van der Waals surface area (Å²) in [6, 6.07) is 0. The highest BCUT2D eigenvalue weighted by molar-refractivity contribution is 6.02. The molecule has 5 heteroatoms. The first-order valence-corrected chi connectivity index (χ1v) is 5.38. The quantitative estimate of drug-likeness (QED) is 0.248. The topological polar surface area (TPSA) is 65.0 Å². The molecule has 0 radical (unpaired) electrons. The van der Waals surface area contributed by atoms with Crippen LogP contribution in [0.2, 0.25) is 0 Å². The molecule has 5 nitrogen and oxygen atoms in total. The molecule has 0 unspecified atom stereocenters. The molecule has 0 aromatic rings. The number of allylic oxidation sites excluding steroid dienone is 1. The summed E-state index contributed by atoms with van der Waals surface area (Å²) in [5.74, 6) is -0.955. The van der Waals surface area contributed by atoms with E-state index in [0.717, 1.165) is 0 Å². The summed E-state index contributed by atoms with van der Waals surface area (Å²) < 4.78 is 4.74. The fourth-order valence-corrected chi connectivity index (χ4v) is 0.868. The van der Waals surface area contributed by atoms with Crippen molar-refractivity contribution >= 4 is 17.7 Å². The minimum absolute atomic E-state index is 0.315. The second-order valence-electron chi connectivity index (χ2n) is 4.39. The molecule has 96 valence electrons. The molecule has 0 aliphatic rings. The highest BCUT2D eigenvalue weighted by Gasteiger charge is 2.18. The minimum atomic E-state index is -0.503. The minimum Gasteiger partial charge on any atom is -0.463 e. The Balaban J connectivity index is 4.78. The summed E-state index contributed by atoms with van der Waals surface area (Å²) in [5.41, 5.74) is 0.152. The summed E-state index contributed by atoms with van der Waals surface area (Å²) in [7, 11) is 0. The number of esters is 1. The van der Waals surface area contributed by atoms with Gasteiger partial charge in [0.1, 0.15) is 0 Å². The molecule has 0 amide bonds. The van der Waals surface area contributed by atoms with E-state index in [0.29, 0.717) is 12.3 Å². The van der Waals surface area contributed by atoms with Gasteiger partial charge in [0.25, 0.3) is 0 Å². The molecular weight excluding hydrogens is 222 g/mol. The van der Waals surface area contributed by atoms with Gasteiger partial charge in [0.15, 0.2) is 0 Å². The van der Waals surface area contributed by atoms with E-state index in [9.17, 15) is 9.59 Å². The zero-order chi connectivity index (χ0) is 13.5. The molecule has 0 aromatic carbocycles. The summed E-state index contributed by atoms with van der Waals surface area (Å²) in [5, 5.41) is 3.70. The highest BCUT2D eigenvalue weighted by Crippen LogP contribution is 2.17. The third-order valence-corrected chi connectivity index (χ3v) is 1.70. The van der Waals surface area contributed by atoms with Crippen LogP contribution >= 0.6 is 0 Å². The van der Waals surface area contributed by atoms with E-state index in [-0.39, 0.29) is 5.41 Å². The predicted molar refractivity (Wildman–Crippen MR) is 64.4 cm³/mol. The van der Waals surface area contributed by atoms with Crippen molar-refractivity contribution in [2.45, 2.75) is 34.6 Å². The van der Waals surface area contributed by atoms with Crippen molar-refractivity contribution in [3.05, 3.63) is 12.2 Å². The second kappa shape index (κ2) is 6.83. The summed E-state index contributed by atoms with van der Waals surface area (Å²) >= 11 is 0. The molecule has 0 spiro atoms. The van der Waals surface area contributed by atoms with E-state index in [1.54, 1.807) is 6.92 Å². The van der Waals surface area contributed by atoms with Gasteiger partial charge in [0, 0.05) is 18.4 Å². The van der Waals surface area contributed by atoms with Gasteiger partial charge >= 0.3 is 11.9 Å². The van der Waals surface area contributed by atoms with E-state index < -0.39 is 11.9 Å². The first kappa shape index (κ1) is 15.3. The first-order chi connectivity index (χ1) is 7.77. The molecule has 17 heavy (non-hydrogen) atoms. The van der Waals surface area contributed by atoms with Crippen molar-refractivity contribution in [3.63, 3.8) is 0 Å². The largest absolute Gasteiger partial charge is 0.463 e. The monoisotopic (exact) mass is 241 g/mol. The zero-order valence-corrected chi connectivity index (χ0v) is 10.9. The number of carbonyl (C=O) groups is 2. The summed E-state index contributed by atoms with van der Waals surface area (Å²) in [6.45, 7) is 8.98. The Hall–Kier alpha value is -1.65. The lowest BCUT2D eigenvalue weighted by molar-refractivity contribution is -0.141. The summed E-state index contributed by atoms with van der Waals surface area (Å²) in [4.78, 5) is 26.4. The van der Waals surface area contributed by atoms with E-state index in [1.165, 1.54) is 19.1 Å².